The van der Waals surface area contributed by atoms with Gasteiger partial charge in [0, 0.05) is 13.1 Å². The lowest BCUT2D eigenvalue weighted by Crippen LogP contribution is -2.40. The third-order valence-corrected chi connectivity index (χ3v) is 3.52. The minimum atomic E-state index is -0.437. The summed E-state index contributed by atoms with van der Waals surface area (Å²) in [5, 5.41) is 0. The van der Waals surface area contributed by atoms with Gasteiger partial charge in [0.1, 0.15) is 11.4 Å². The van der Waals surface area contributed by atoms with Crippen LogP contribution in [-0.4, -0.2) is 36.8 Å². The van der Waals surface area contributed by atoms with Gasteiger partial charge in [0.15, 0.2) is 0 Å². The standard InChI is InChI=1S/C18H25NO3.C2H6/c1-18(2,3)22-17(20)19-10-8-14(9-11-19)12-15-6-5-7-16(13-15)21-4;1-2/h5-7,12-13H,8-11H2,1-4H3;1-2H3. The van der Waals surface area contributed by atoms with E-state index in [0.717, 1.165) is 24.2 Å². The number of ether oxygens (including phenoxy) is 2. The number of carbonyl (C=O) groups excluding carboxylic acids is 1. The first-order valence-corrected chi connectivity index (χ1v) is 8.69. The van der Waals surface area contributed by atoms with Crippen LogP contribution in [0.4, 0.5) is 4.79 Å². The van der Waals surface area contributed by atoms with E-state index in [-0.39, 0.29) is 6.09 Å². The van der Waals surface area contributed by atoms with Gasteiger partial charge in [0.2, 0.25) is 0 Å². The highest BCUT2D eigenvalue weighted by molar-refractivity contribution is 5.68. The Labute approximate surface area is 146 Å². The average molecular weight is 333 g/mol. The Morgan fingerprint density at radius 3 is 2.33 bits per heavy atom. The number of piperidine rings is 1. The number of methoxy groups -OCH3 is 1. The van der Waals surface area contributed by atoms with Gasteiger partial charge in [-0.1, -0.05) is 37.6 Å². The molecule has 0 unspecified atom stereocenters. The third-order valence-electron chi connectivity index (χ3n) is 3.52. The molecule has 1 saturated heterocycles. The zero-order valence-corrected chi connectivity index (χ0v) is 15.9. The second kappa shape index (κ2) is 9.36. The molecule has 1 heterocycles. The predicted molar refractivity (Wildman–Crippen MR) is 99.4 cm³/mol. The first kappa shape index (κ1) is 20.1. The van der Waals surface area contributed by atoms with Crippen LogP contribution in [0.2, 0.25) is 0 Å². The smallest absolute Gasteiger partial charge is 0.410 e. The fourth-order valence-electron chi connectivity index (χ4n) is 2.41. The molecule has 1 aliphatic heterocycles. The first-order chi connectivity index (χ1) is 11.4. The molecule has 2 rings (SSSR count). The van der Waals surface area contributed by atoms with Gasteiger partial charge in [-0.25, -0.2) is 4.79 Å². The number of hydrogen-bond donors (Lipinski definition) is 0. The zero-order chi connectivity index (χ0) is 18.2. The molecule has 1 amide bonds. The molecule has 0 N–H and O–H groups in total. The van der Waals surface area contributed by atoms with Crippen LogP contribution in [0.3, 0.4) is 0 Å². The largest absolute Gasteiger partial charge is 0.497 e. The number of likely N-dealkylation sites (tertiary alicyclic amines) is 1. The van der Waals surface area contributed by atoms with Crippen molar-refractivity contribution in [3.8, 4) is 5.75 Å². The summed E-state index contributed by atoms with van der Waals surface area (Å²) in [5.41, 5.74) is 2.06. The van der Waals surface area contributed by atoms with Gasteiger partial charge in [-0.2, -0.15) is 0 Å². The van der Waals surface area contributed by atoms with E-state index in [9.17, 15) is 4.79 Å². The number of carbonyl (C=O) groups is 1. The van der Waals surface area contributed by atoms with Crippen LogP contribution in [0, 0.1) is 0 Å². The van der Waals surface area contributed by atoms with E-state index in [1.165, 1.54) is 5.57 Å². The van der Waals surface area contributed by atoms with E-state index >= 15 is 0 Å². The first-order valence-electron chi connectivity index (χ1n) is 8.69. The molecule has 0 atom stereocenters. The zero-order valence-electron chi connectivity index (χ0n) is 15.9. The lowest BCUT2D eigenvalue weighted by molar-refractivity contribution is 0.0237. The number of benzene rings is 1. The summed E-state index contributed by atoms with van der Waals surface area (Å²) in [6.45, 7) is 11.1. The molecule has 134 valence electrons. The van der Waals surface area contributed by atoms with Crippen LogP contribution in [0.5, 0.6) is 5.75 Å². The minimum absolute atomic E-state index is 0.215. The van der Waals surface area contributed by atoms with Crippen molar-refractivity contribution in [3.05, 3.63) is 35.4 Å². The molecule has 24 heavy (non-hydrogen) atoms. The van der Waals surface area contributed by atoms with Gasteiger partial charge in [-0.15, -0.1) is 0 Å². The highest BCUT2D eigenvalue weighted by Crippen LogP contribution is 2.22. The number of nitrogens with zero attached hydrogens (tertiary/aromatic N) is 1. The lowest BCUT2D eigenvalue weighted by atomic mass is 10.0. The van der Waals surface area contributed by atoms with Crippen LogP contribution in [0.15, 0.2) is 29.8 Å². The maximum atomic E-state index is 12.0. The fourth-order valence-corrected chi connectivity index (χ4v) is 2.41. The van der Waals surface area contributed by atoms with Crippen molar-refractivity contribution in [1.82, 2.24) is 4.90 Å². The van der Waals surface area contributed by atoms with Crippen LogP contribution >= 0.6 is 0 Å². The second-order valence-electron chi connectivity index (χ2n) is 6.55. The Bertz CT molecular complexity index is 548. The fraction of sp³-hybridized carbons (Fsp3) is 0.550. The molecule has 1 aromatic carbocycles. The molecule has 0 radical (unpaired) electrons. The van der Waals surface area contributed by atoms with Gasteiger partial charge < -0.3 is 14.4 Å². The van der Waals surface area contributed by atoms with Crippen LogP contribution in [0.1, 0.15) is 53.0 Å². The van der Waals surface area contributed by atoms with Crippen molar-refractivity contribution < 1.29 is 14.3 Å². The summed E-state index contributed by atoms with van der Waals surface area (Å²) in [5.74, 6) is 0.862. The SMILES string of the molecule is CC.COc1cccc(C=C2CCN(C(=O)OC(C)(C)C)CC2)c1. The number of amides is 1. The van der Waals surface area contributed by atoms with Crippen molar-refractivity contribution in [2.45, 2.75) is 53.1 Å². The summed E-state index contributed by atoms with van der Waals surface area (Å²) in [7, 11) is 1.67. The summed E-state index contributed by atoms with van der Waals surface area (Å²) >= 11 is 0. The maximum absolute atomic E-state index is 12.0. The highest BCUT2D eigenvalue weighted by Gasteiger charge is 2.24. The van der Waals surface area contributed by atoms with Crippen molar-refractivity contribution in [1.29, 1.82) is 0 Å². The number of hydrogen-bond acceptors (Lipinski definition) is 3. The Morgan fingerprint density at radius 1 is 1.17 bits per heavy atom. The number of rotatable bonds is 2. The van der Waals surface area contributed by atoms with Crippen molar-refractivity contribution >= 4 is 12.2 Å². The van der Waals surface area contributed by atoms with E-state index in [0.29, 0.717) is 13.1 Å². The van der Waals surface area contributed by atoms with Crippen molar-refractivity contribution in [2.75, 3.05) is 20.2 Å². The van der Waals surface area contributed by atoms with Gasteiger partial charge in [-0.05, 0) is 51.3 Å². The molecule has 1 fully saturated rings. The molecule has 0 spiro atoms. The lowest BCUT2D eigenvalue weighted by Gasteiger charge is -2.31. The van der Waals surface area contributed by atoms with Crippen LogP contribution in [-0.2, 0) is 4.74 Å². The highest BCUT2D eigenvalue weighted by atomic mass is 16.6. The minimum Gasteiger partial charge on any atom is -0.497 e. The second-order valence-corrected chi connectivity index (χ2v) is 6.55. The van der Waals surface area contributed by atoms with Crippen molar-refractivity contribution in [3.63, 3.8) is 0 Å². The van der Waals surface area contributed by atoms with E-state index in [1.54, 1.807) is 12.0 Å². The maximum Gasteiger partial charge on any atom is 0.410 e. The van der Waals surface area contributed by atoms with Gasteiger partial charge in [0.05, 0.1) is 7.11 Å². The molecule has 0 saturated carbocycles. The Balaban J connectivity index is 0.00000139. The molecule has 1 aliphatic rings. The average Bonchev–Trinajstić information content (AvgIpc) is 2.56. The van der Waals surface area contributed by atoms with E-state index in [2.05, 4.69) is 12.1 Å². The van der Waals surface area contributed by atoms with E-state index in [4.69, 9.17) is 9.47 Å². The molecule has 0 aromatic heterocycles. The predicted octanol–water partition coefficient (Wildman–Crippen LogP) is 5.14. The topological polar surface area (TPSA) is 38.8 Å². The van der Waals surface area contributed by atoms with Crippen LogP contribution in [0.25, 0.3) is 6.08 Å². The Hall–Kier alpha value is -1.97. The van der Waals surface area contributed by atoms with Gasteiger partial charge in [-0.3, -0.25) is 0 Å². The van der Waals surface area contributed by atoms with Crippen molar-refractivity contribution in [2.24, 2.45) is 0 Å². The summed E-state index contributed by atoms with van der Waals surface area (Å²) in [6, 6.07) is 8.01. The molecular weight excluding hydrogens is 302 g/mol. The Kier molecular flexibility index (Phi) is 7.83. The Morgan fingerprint density at radius 2 is 1.79 bits per heavy atom. The summed E-state index contributed by atoms with van der Waals surface area (Å²) in [6.07, 6.45) is 3.75. The molecule has 4 nitrogen and oxygen atoms in total. The van der Waals surface area contributed by atoms with Gasteiger partial charge >= 0.3 is 6.09 Å². The van der Waals surface area contributed by atoms with E-state index in [1.807, 2.05) is 52.8 Å². The summed E-state index contributed by atoms with van der Waals surface area (Å²) in [4.78, 5) is 13.8. The quantitative estimate of drug-likeness (QED) is 0.752. The molecule has 0 aliphatic carbocycles. The van der Waals surface area contributed by atoms with Crippen LogP contribution < -0.4 is 4.74 Å². The molecule has 0 bridgehead atoms. The monoisotopic (exact) mass is 333 g/mol. The van der Waals surface area contributed by atoms with E-state index < -0.39 is 5.60 Å². The summed E-state index contributed by atoms with van der Waals surface area (Å²) < 4.78 is 10.7. The van der Waals surface area contributed by atoms with Gasteiger partial charge in [0.25, 0.3) is 0 Å². The molecular formula is C20H31NO3. The molecule has 4 heteroatoms. The third kappa shape index (κ3) is 6.65. The molecule has 1 aromatic rings. The normalized spacial score (nSPS) is 14.4.